The van der Waals surface area contributed by atoms with Gasteiger partial charge in [0, 0.05) is 17.3 Å². The average Bonchev–Trinajstić information content (AvgIpc) is 2.69. The van der Waals surface area contributed by atoms with Crippen LogP contribution >= 0.6 is 11.3 Å². The van der Waals surface area contributed by atoms with Crippen molar-refractivity contribution in [2.75, 3.05) is 12.4 Å². The molecule has 96 valence electrons. The number of thiazole rings is 1. The summed E-state index contributed by atoms with van der Waals surface area (Å²) in [5.74, 6) is 0. The normalized spacial score (nSPS) is 11.8. The highest BCUT2D eigenvalue weighted by atomic mass is 32.1. The van der Waals surface area contributed by atoms with E-state index in [1.807, 2.05) is 32.9 Å². The van der Waals surface area contributed by atoms with Gasteiger partial charge < -0.3 is 5.73 Å². The Labute approximate surface area is 110 Å². The molecule has 2 aromatic rings. The third kappa shape index (κ3) is 2.36. The molecule has 0 spiro atoms. The molecule has 0 radical (unpaired) electrons. The summed E-state index contributed by atoms with van der Waals surface area (Å²) in [7, 11) is 0. The molecule has 0 atom stereocenters. The van der Waals surface area contributed by atoms with Crippen LogP contribution in [0.4, 0.5) is 9.52 Å². The number of nitrogen functional groups attached to an aromatic ring is 1. The number of alkyl halides is 1. The van der Waals surface area contributed by atoms with E-state index >= 15 is 0 Å². The number of hydrogen-bond acceptors (Lipinski definition) is 4. The standard InChI is InChI=1S/C13H16FN3S/c1-8-11(18-12(15)17-8)9-4-5-16-10(6-9)13(2,3)7-14/h4-6H,7H2,1-3H3,(H2,15,17). The molecule has 0 aromatic carbocycles. The van der Waals surface area contributed by atoms with Crippen molar-refractivity contribution in [3.8, 4) is 10.4 Å². The van der Waals surface area contributed by atoms with Gasteiger partial charge in [-0.05, 0) is 24.6 Å². The Kier molecular flexibility index (Phi) is 3.34. The number of nitrogens with zero attached hydrogens (tertiary/aromatic N) is 2. The zero-order chi connectivity index (χ0) is 13.3. The minimum atomic E-state index is -0.569. The number of aryl methyl sites for hydroxylation is 1. The van der Waals surface area contributed by atoms with Crippen LogP contribution in [0, 0.1) is 6.92 Å². The van der Waals surface area contributed by atoms with Gasteiger partial charge in [0.25, 0.3) is 0 Å². The highest BCUT2D eigenvalue weighted by molar-refractivity contribution is 7.18. The van der Waals surface area contributed by atoms with Crippen LogP contribution in [0.25, 0.3) is 10.4 Å². The average molecular weight is 265 g/mol. The zero-order valence-electron chi connectivity index (χ0n) is 10.7. The minimum absolute atomic E-state index is 0.437. The monoisotopic (exact) mass is 265 g/mol. The Hall–Kier alpha value is -1.49. The lowest BCUT2D eigenvalue weighted by Gasteiger charge is -2.20. The minimum Gasteiger partial charge on any atom is -0.375 e. The lowest BCUT2D eigenvalue weighted by molar-refractivity contribution is 0.344. The Morgan fingerprint density at radius 2 is 2.17 bits per heavy atom. The molecular formula is C13H16FN3S. The number of aromatic nitrogens is 2. The Morgan fingerprint density at radius 1 is 1.44 bits per heavy atom. The van der Waals surface area contributed by atoms with Gasteiger partial charge in [-0.15, -0.1) is 0 Å². The molecule has 3 nitrogen and oxygen atoms in total. The molecule has 18 heavy (non-hydrogen) atoms. The topological polar surface area (TPSA) is 51.8 Å². The number of anilines is 1. The molecule has 2 N–H and O–H groups in total. The van der Waals surface area contributed by atoms with Crippen molar-refractivity contribution in [2.24, 2.45) is 0 Å². The summed E-state index contributed by atoms with van der Waals surface area (Å²) in [5, 5.41) is 0.547. The third-order valence-electron chi connectivity index (χ3n) is 2.86. The second-order valence-electron chi connectivity index (χ2n) is 4.91. The number of hydrogen-bond donors (Lipinski definition) is 1. The summed E-state index contributed by atoms with van der Waals surface area (Å²) in [6.45, 7) is 5.16. The van der Waals surface area contributed by atoms with Gasteiger partial charge in [-0.3, -0.25) is 9.37 Å². The summed E-state index contributed by atoms with van der Waals surface area (Å²) < 4.78 is 13.0. The molecule has 0 saturated carbocycles. The summed E-state index contributed by atoms with van der Waals surface area (Å²) in [6.07, 6.45) is 1.71. The maximum Gasteiger partial charge on any atom is 0.180 e. The van der Waals surface area contributed by atoms with Gasteiger partial charge in [0.05, 0.1) is 10.6 Å². The van der Waals surface area contributed by atoms with E-state index in [4.69, 9.17) is 5.73 Å². The van der Waals surface area contributed by atoms with Gasteiger partial charge in [-0.2, -0.15) is 0 Å². The largest absolute Gasteiger partial charge is 0.375 e. The second kappa shape index (κ2) is 4.65. The van der Waals surface area contributed by atoms with Gasteiger partial charge in [-0.25, -0.2) is 4.98 Å². The van der Waals surface area contributed by atoms with Crippen LogP contribution in [-0.4, -0.2) is 16.6 Å². The molecule has 0 amide bonds. The number of pyridine rings is 1. The van der Waals surface area contributed by atoms with Crippen LogP contribution < -0.4 is 5.73 Å². The van der Waals surface area contributed by atoms with Crippen molar-refractivity contribution in [2.45, 2.75) is 26.2 Å². The van der Waals surface area contributed by atoms with Crippen molar-refractivity contribution in [3.05, 3.63) is 29.7 Å². The predicted octanol–water partition coefficient (Wildman–Crippen LogP) is 3.34. The Morgan fingerprint density at radius 3 is 2.72 bits per heavy atom. The fraction of sp³-hybridized carbons (Fsp3) is 0.385. The first-order valence-corrected chi connectivity index (χ1v) is 6.51. The molecule has 0 fully saturated rings. The summed E-state index contributed by atoms with van der Waals surface area (Å²) in [6, 6.07) is 3.82. The predicted molar refractivity (Wildman–Crippen MR) is 73.5 cm³/mol. The van der Waals surface area contributed by atoms with E-state index in [1.54, 1.807) is 6.20 Å². The van der Waals surface area contributed by atoms with Gasteiger partial charge in [-0.1, -0.05) is 25.2 Å². The Balaban J connectivity index is 2.48. The highest BCUT2D eigenvalue weighted by Crippen LogP contribution is 2.33. The van der Waals surface area contributed by atoms with Crippen molar-refractivity contribution < 1.29 is 4.39 Å². The fourth-order valence-electron chi connectivity index (χ4n) is 1.70. The first kappa shape index (κ1) is 13.0. The zero-order valence-corrected chi connectivity index (χ0v) is 11.5. The molecule has 0 saturated heterocycles. The van der Waals surface area contributed by atoms with Crippen LogP contribution in [0.1, 0.15) is 25.2 Å². The SMILES string of the molecule is Cc1nc(N)sc1-c1ccnc(C(C)(C)CF)c1. The van der Waals surface area contributed by atoms with Crippen LogP contribution in [0.2, 0.25) is 0 Å². The maximum absolute atomic E-state index is 13.0. The van der Waals surface area contributed by atoms with E-state index in [-0.39, 0.29) is 0 Å². The van der Waals surface area contributed by atoms with E-state index < -0.39 is 12.1 Å². The molecule has 0 bridgehead atoms. The van der Waals surface area contributed by atoms with E-state index in [0.717, 1.165) is 21.8 Å². The van der Waals surface area contributed by atoms with Gasteiger partial charge in [0.2, 0.25) is 0 Å². The summed E-state index contributed by atoms with van der Waals surface area (Å²) >= 11 is 1.44. The summed E-state index contributed by atoms with van der Waals surface area (Å²) in [4.78, 5) is 9.48. The molecule has 0 aliphatic heterocycles. The second-order valence-corrected chi connectivity index (χ2v) is 5.94. The number of nitrogens with two attached hydrogens (primary N) is 1. The molecule has 2 aromatic heterocycles. The van der Waals surface area contributed by atoms with Gasteiger partial charge in [0.1, 0.15) is 6.67 Å². The molecule has 0 unspecified atom stereocenters. The lowest BCUT2D eigenvalue weighted by Crippen LogP contribution is -2.21. The lowest BCUT2D eigenvalue weighted by atomic mass is 9.89. The first-order valence-electron chi connectivity index (χ1n) is 5.70. The molecule has 2 rings (SSSR count). The van der Waals surface area contributed by atoms with Crippen molar-refractivity contribution in [1.29, 1.82) is 0 Å². The van der Waals surface area contributed by atoms with Crippen LogP contribution in [0.15, 0.2) is 18.3 Å². The number of halogens is 1. The van der Waals surface area contributed by atoms with E-state index in [1.165, 1.54) is 11.3 Å². The first-order chi connectivity index (χ1) is 8.44. The van der Waals surface area contributed by atoms with Gasteiger partial charge in [0.15, 0.2) is 5.13 Å². The molecular weight excluding hydrogens is 249 g/mol. The fourth-order valence-corrected chi connectivity index (χ4v) is 2.53. The number of rotatable bonds is 3. The van der Waals surface area contributed by atoms with E-state index in [2.05, 4.69) is 9.97 Å². The highest BCUT2D eigenvalue weighted by Gasteiger charge is 2.22. The van der Waals surface area contributed by atoms with Crippen molar-refractivity contribution in [3.63, 3.8) is 0 Å². The quantitative estimate of drug-likeness (QED) is 0.926. The smallest absolute Gasteiger partial charge is 0.180 e. The third-order valence-corrected chi connectivity index (χ3v) is 3.90. The molecule has 2 heterocycles. The van der Waals surface area contributed by atoms with E-state index in [9.17, 15) is 4.39 Å². The van der Waals surface area contributed by atoms with Crippen molar-refractivity contribution >= 4 is 16.5 Å². The van der Waals surface area contributed by atoms with Crippen LogP contribution in [0.5, 0.6) is 0 Å². The molecule has 0 aliphatic carbocycles. The van der Waals surface area contributed by atoms with Crippen LogP contribution in [-0.2, 0) is 5.41 Å². The van der Waals surface area contributed by atoms with Crippen LogP contribution in [0.3, 0.4) is 0 Å². The Bertz CT molecular complexity index is 563. The molecule has 0 aliphatic rings. The molecule has 5 heteroatoms. The van der Waals surface area contributed by atoms with Gasteiger partial charge >= 0.3 is 0 Å². The van der Waals surface area contributed by atoms with Crippen molar-refractivity contribution in [1.82, 2.24) is 9.97 Å². The van der Waals surface area contributed by atoms with E-state index in [0.29, 0.717) is 5.13 Å². The maximum atomic E-state index is 13.0. The summed E-state index contributed by atoms with van der Waals surface area (Å²) in [5.41, 5.74) is 7.76.